The maximum absolute atomic E-state index is 12.5. The van der Waals surface area contributed by atoms with Crippen LogP contribution >= 0.6 is 0 Å². The topological polar surface area (TPSA) is 63.2 Å². The molecule has 1 aliphatic carbocycles. The number of nitrogens with zero attached hydrogens (tertiary/aromatic N) is 1. The molecule has 1 aliphatic rings. The van der Waals surface area contributed by atoms with Crippen LogP contribution in [0.1, 0.15) is 56.3 Å². The Morgan fingerprint density at radius 3 is 2.68 bits per heavy atom. The molecule has 3 rings (SSSR count). The van der Waals surface area contributed by atoms with Gasteiger partial charge in [0, 0.05) is 24.6 Å². The fraction of sp³-hybridized carbons (Fsp3) is 0.391. The summed E-state index contributed by atoms with van der Waals surface area (Å²) >= 11 is 0. The number of hydrogen-bond acceptors (Lipinski definition) is 4. The van der Waals surface area contributed by atoms with Crippen molar-refractivity contribution in [3.8, 4) is 5.75 Å². The Bertz CT molecular complexity index is 813. The van der Waals surface area contributed by atoms with Gasteiger partial charge >= 0.3 is 0 Å². The molecule has 1 aromatic heterocycles. The monoisotopic (exact) mass is 379 g/mol. The summed E-state index contributed by atoms with van der Waals surface area (Å²) in [6, 6.07) is 9.22. The number of pyridine rings is 1. The summed E-state index contributed by atoms with van der Waals surface area (Å²) < 4.78 is 5.62. The van der Waals surface area contributed by atoms with E-state index in [1.165, 1.54) is 31.3 Å². The van der Waals surface area contributed by atoms with Crippen LogP contribution in [0, 0.1) is 0 Å². The maximum atomic E-state index is 12.5. The normalized spacial score (nSPS) is 13.8. The highest BCUT2D eigenvalue weighted by molar-refractivity contribution is 6.04. The standard InChI is InChI=1S/C23H29N3O2/c1-17(2)28-22-10-8-20(9-11-22)26-23(27)19-14-21(16-24-15-19)25-13-12-18-6-4-3-5-7-18/h6,8-11,14-17,25H,3-5,7,12-13H2,1-2H3,(H,26,27). The van der Waals surface area contributed by atoms with Crippen LogP contribution in [-0.4, -0.2) is 23.5 Å². The van der Waals surface area contributed by atoms with Gasteiger partial charge in [0.1, 0.15) is 5.75 Å². The second-order valence-electron chi connectivity index (χ2n) is 7.39. The third-order valence-corrected chi connectivity index (χ3v) is 4.64. The first-order valence-corrected chi connectivity index (χ1v) is 10.0. The van der Waals surface area contributed by atoms with Crippen molar-refractivity contribution in [2.75, 3.05) is 17.2 Å². The SMILES string of the molecule is CC(C)Oc1ccc(NC(=O)c2cncc(NCCC3=CCCCC3)c2)cc1. The number of ether oxygens (including phenoxy) is 1. The van der Waals surface area contributed by atoms with Gasteiger partial charge in [-0.15, -0.1) is 0 Å². The molecule has 1 amide bonds. The third kappa shape index (κ3) is 6.12. The predicted molar refractivity (Wildman–Crippen MR) is 114 cm³/mol. The zero-order chi connectivity index (χ0) is 19.8. The van der Waals surface area contributed by atoms with Crippen LogP contribution in [0.4, 0.5) is 11.4 Å². The van der Waals surface area contributed by atoms with E-state index in [9.17, 15) is 4.79 Å². The number of nitrogens with one attached hydrogen (secondary N) is 2. The molecule has 2 aromatic rings. The van der Waals surface area contributed by atoms with Gasteiger partial charge in [0.05, 0.1) is 17.4 Å². The zero-order valence-corrected chi connectivity index (χ0v) is 16.7. The molecular formula is C23H29N3O2. The van der Waals surface area contributed by atoms with E-state index < -0.39 is 0 Å². The molecule has 5 heteroatoms. The Labute approximate surface area is 167 Å². The molecule has 1 heterocycles. The van der Waals surface area contributed by atoms with Crippen molar-refractivity contribution in [1.29, 1.82) is 0 Å². The van der Waals surface area contributed by atoms with E-state index in [1.54, 1.807) is 12.4 Å². The average Bonchev–Trinajstić information content (AvgIpc) is 2.70. The number of benzene rings is 1. The van der Waals surface area contributed by atoms with Gasteiger partial charge in [0.2, 0.25) is 0 Å². The quantitative estimate of drug-likeness (QED) is 0.601. The number of rotatable bonds is 8. The van der Waals surface area contributed by atoms with E-state index in [1.807, 2.05) is 44.2 Å². The largest absolute Gasteiger partial charge is 0.491 e. The Morgan fingerprint density at radius 1 is 1.14 bits per heavy atom. The van der Waals surface area contributed by atoms with Crippen molar-refractivity contribution >= 4 is 17.3 Å². The molecular weight excluding hydrogens is 350 g/mol. The lowest BCUT2D eigenvalue weighted by molar-refractivity contribution is 0.102. The van der Waals surface area contributed by atoms with E-state index >= 15 is 0 Å². The number of anilines is 2. The highest BCUT2D eigenvalue weighted by Gasteiger charge is 2.09. The van der Waals surface area contributed by atoms with Crippen molar-refractivity contribution in [3.05, 3.63) is 59.9 Å². The molecule has 2 N–H and O–H groups in total. The van der Waals surface area contributed by atoms with Gasteiger partial charge < -0.3 is 15.4 Å². The summed E-state index contributed by atoms with van der Waals surface area (Å²) in [6.45, 7) is 4.82. The van der Waals surface area contributed by atoms with Crippen LogP contribution in [0.15, 0.2) is 54.4 Å². The molecule has 0 radical (unpaired) electrons. The number of carbonyl (C=O) groups is 1. The minimum absolute atomic E-state index is 0.121. The zero-order valence-electron chi connectivity index (χ0n) is 16.7. The van der Waals surface area contributed by atoms with E-state index in [0.717, 1.165) is 30.1 Å². The van der Waals surface area contributed by atoms with Crippen molar-refractivity contribution in [2.45, 2.75) is 52.1 Å². The van der Waals surface area contributed by atoms with Crippen LogP contribution in [0.2, 0.25) is 0 Å². The molecule has 0 spiro atoms. The molecule has 1 aromatic carbocycles. The molecule has 0 saturated carbocycles. The summed E-state index contributed by atoms with van der Waals surface area (Å²) in [5.41, 5.74) is 3.66. The molecule has 5 nitrogen and oxygen atoms in total. The third-order valence-electron chi connectivity index (χ3n) is 4.64. The molecule has 0 unspecified atom stereocenters. The van der Waals surface area contributed by atoms with Crippen LogP contribution in [-0.2, 0) is 0 Å². The first kappa shape index (κ1) is 19.9. The molecule has 0 atom stereocenters. The molecule has 0 saturated heterocycles. The van der Waals surface area contributed by atoms with E-state index in [0.29, 0.717) is 5.56 Å². The maximum Gasteiger partial charge on any atom is 0.257 e. The van der Waals surface area contributed by atoms with Gasteiger partial charge in [-0.2, -0.15) is 0 Å². The van der Waals surface area contributed by atoms with Gasteiger partial charge in [-0.05, 0) is 76.3 Å². The van der Waals surface area contributed by atoms with Crippen molar-refractivity contribution in [2.24, 2.45) is 0 Å². The van der Waals surface area contributed by atoms with Gasteiger partial charge in [-0.25, -0.2) is 0 Å². The Balaban J connectivity index is 1.53. The predicted octanol–water partition coefficient (Wildman–Crippen LogP) is 5.42. The number of allylic oxidation sites excluding steroid dienone is 1. The van der Waals surface area contributed by atoms with Crippen LogP contribution in [0.25, 0.3) is 0 Å². The number of carbonyl (C=O) groups excluding carboxylic acids is 1. The molecule has 28 heavy (non-hydrogen) atoms. The van der Waals surface area contributed by atoms with Crippen molar-refractivity contribution in [3.63, 3.8) is 0 Å². The van der Waals surface area contributed by atoms with Gasteiger partial charge in [-0.1, -0.05) is 11.6 Å². The Morgan fingerprint density at radius 2 is 1.96 bits per heavy atom. The average molecular weight is 380 g/mol. The van der Waals surface area contributed by atoms with Crippen LogP contribution < -0.4 is 15.4 Å². The summed E-state index contributed by atoms with van der Waals surface area (Å²) in [4.78, 5) is 16.7. The highest BCUT2D eigenvalue weighted by Crippen LogP contribution is 2.21. The lowest BCUT2D eigenvalue weighted by Gasteiger charge is -2.13. The fourth-order valence-electron chi connectivity index (χ4n) is 3.25. The van der Waals surface area contributed by atoms with Crippen LogP contribution in [0.3, 0.4) is 0 Å². The first-order chi connectivity index (χ1) is 13.6. The Hall–Kier alpha value is -2.82. The van der Waals surface area contributed by atoms with Crippen molar-refractivity contribution in [1.82, 2.24) is 4.98 Å². The minimum atomic E-state index is -0.177. The smallest absolute Gasteiger partial charge is 0.257 e. The highest BCUT2D eigenvalue weighted by atomic mass is 16.5. The van der Waals surface area contributed by atoms with E-state index in [-0.39, 0.29) is 12.0 Å². The number of amides is 1. The van der Waals surface area contributed by atoms with E-state index in [4.69, 9.17) is 4.74 Å². The molecule has 0 aliphatic heterocycles. The number of aromatic nitrogens is 1. The Kier molecular flexibility index (Phi) is 7.06. The van der Waals surface area contributed by atoms with Crippen LogP contribution in [0.5, 0.6) is 5.75 Å². The lowest BCUT2D eigenvalue weighted by atomic mass is 9.97. The first-order valence-electron chi connectivity index (χ1n) is 10.0. The lowest BCUT2D eigenvalue weighted by Crippen LogP contribution is -2.13. The molecule has 148 valence electrons. The van der Waals surface area contributed by atoms with Crippen molar-refractivity contribution < 1.29 is 9.53 Å². The number of hydrogen-bond donors (Lipinski definition) is 2. The fourth-order valence-corrected chi connectivity index (χ4v) is 3.25. The van der Waals surface area contributed by atoms with Gasteiger partial charge in [-0.3, -0.25) is 9.78 Å². The second-order valence-corrected chi connectivity index (χ2v) is 7.39. The van der Waals surface area contributed by atoms with Gasteiger partial charge in [0.15, 0.2) is 0 Å². The molecule has 0 bridgehead atoms. The minimum Gasteiger partial charge on any atom is -0.491 e. The second kappa shape index (κ2) is 9.93. The summed E-state index contributed by atoms with van der Waals surface area (Å²) in [5, 5.41) is 6.28. The summed E-state index contributed by atoms with van der Waals surface area (Å²) in [6.07, 6.45) is 11.9. The molecule has 0 fully saturated rings. The van der Waals surface area contributed by atoms with E-state index in [2.05, 4.69) is 21.7 Å². The van der Waals surface area contributed by atoms with Gasteiger partial charge in [0.25, 0.3) is 5.91 Å². The summed E-state index contributed by atoms with van der Waals surface area (Å²) in [7, 11) is 0. The summed E-state index contributed by atoms with van der Waals surface area (Å²) in [5.74, 6) is 0.609.